The quantitative estimate of drug-likeness (QED) is 0.880. The molecule has 3 heteroatoms. The van der Waals surface area contributed by atoms with Crippen LogP contribution < -0.4 is 5.73 Å². The highest BCUT2D eigenvalue weighted by atomic mass is 14.9. The summed E-state index contributed by atoms with van der Waals surface area (Å²) in [6.45, 7) is 0.758. The topological polar surface area (TPSA) is 54.7 Å². The van der Waals surface area contributed by atoms with E-state index in [2.05, 4.69) is 23.2 Å². The van der Waals surface area contributed by atoms with Gasteiger partial charge in [-0.05, 0) is 49.9 Å². The van der Waals surface area contributed by atoms with Crippen molar-refractivity contribution in [2.75, 3.05) is 6.54 Å². The molecule has 1 aromatic heterocycles. The van der Waals surface area contributed by atoms with Crippen LogP contribution >= 0.6 is 0 Å². The van der Waals surface area contributed by atoms with Crippen LogP contribution in [0.5, 0.6) is 0 Å². The van der Waals surface area contributed by atoms with E-state index in [1.165, 1.54) is 49.0 Å². The van der Waals surface area contributed by atoms with Gasteiger partial charge in [-0.15, -0.1) is 0 Å². The first-order valence-corrected chi connectivity index (χ1v) is 7.55. The summed E-state index contributed by atoms with van der Waals surface area (Å²) in [6.07, 6.45) is 8.78. The van der Waals surface area contributed by atoms with Crippen LogP contribution in [0.2, 0.25) is 0 Å². The Labute approximate surface area is 114 Å². The number of aromatic amines is 1. The number of aromatic nitrogens is 2. The monoisotopic (exact) mass is 257 g/mol. The fourth-order valence-corrected chi connectivity index (χ4v) is 3.11. The van der Waals surface area contributed by atoms with E-state index in [4.69, 9.17) is 10.7 Å². The number of rotatable bonds is 4. The Hall–Kier alpha value is -1.35. The number of H-pyrrole nitrogens is 1. The molecule has 0 aliphatic heterocycles. The molecule has 0 amide bonds. The summed E-state index contributed by atoms with van der Waals surface area (Å²) in [5.74, 6) is 1.85. The van der Waals surface area contributed by atoms with Crippen molar-refractivity contribution in [3.05, 3.63) is 29.6 Å². The van der Waals surface area contributed by atoms with Crippen molar-refractivity contribution in [2.45, 2.75) is 50.9 Å². The number of hydrogen-bond donors (Lipinski definition) is 2. The predicted molar refractivity (Wildman–Crippen MR) is 79.3 cm³/mol. The van der Waals surface area contributed by atoms with Crippen molar-refractivity contribution in [1.82, 2.24) is 9.97 Å². The number of hydrogen-bond acceptors (Lipinski definition) is 2. The van der Waals surface area contributed by atoms with Crippen molar-refractivity contribution < 1.29 is 0 Å². The zero-order chi connectivity index (χ0) is 13.1. The molecule has 102 valence electrons. The van der Waals surface area contributed by atoms with Gasteiger partial charge in [-0.3, -0.25) is 0 Å². The van der Waals surface area contributed by atoms with E-state index in [9.17, 15) is 0 Å². The molecule has 0 atom stereocenters. The Morgan fingerprint density at radius 3 is 2.84 bits per heavy atom. The summed E-state index contributed by atoms with van der Waals surface area (Å²) in [6, 6.07) is 6.57. The first-order valence-electron chi connectivity index (χ1n) is 7.55. The van der Waals surface area contributed by atoms with Gasteiger partial charge in [0, 0.05) is 5.92 Å². The first kappa shape index (κ1) is 12.7. The molecule has 3 rings (SSSR count). The minimum Gasteiger partial charge on any atom is -0.342 e. The predicted octanol–water partition coefficient (Wildman–Crippen LogP) is 3.50. The number of nitrogens with one attached hydrogen (secondary N) is 1. The average molecular weight is 257 g/mol. The van der Waals surface area contributed by atoms with E-state index in [-0.39, 0.29) is 0 Å². The number of nitrogens with two attached hydrogens (primary N) is 1. The van der Waals surface area contributed by atoms with Gasteiger partial charge in [0.05, 0.1) is 11.0 Å². The van der Waals surface area contributed by atoms with Gasteiger partial charge < -0.3 is 10.7 Å². The van der Waals surface area contributed by atoms with Gasteiger partial charge in [-0.25, -0.2) is 4.98 Å². The highest BCUT2D eigenvalue weighted by Gasteiger charge is 2.18. The molecule has 3 N–H and O–H groups in total. The summed E-state index contributed by atoms with van der Waals surface area (Å²) in [5, 5.41) is 0. The molecule has 1 aromatic carbocycles. The maximum atomic E-state index is 5.57. The van der Waals surface area contributed by atoms with Crippen molar-refractivity contribution in [3.63, 3.8) is 0 Å². The lowest BCUT2D eigenvalue weighted by molar-refractivity contribution is 0.431. The third kappa shape index (κ3) is 2.81. The molecule has 0 saturated heterocycles. The molecular formula is C16H23N3. The number of aryl methyl sites for hydroxylation is 1. The van der Waals surface area contributed by atoms with Crippen LogP contribution in [0.25, 0.3) is 11.0 Å². The van der Waals surface area contributed by atoms with Gasteiger partial charge in [0.1, 0.15) is 5.82 Å². The lowest BCUT2D eigenvalue weighted by Gasteiger charge is -2.18. The van der Waals surface area contributed by atoms with Gasteiger partial charge in [0.2, 0.25) is 0 Å². The highest BCUT2D eigenvalue weighted by molar-refractivity contribution is 5.76. The van der Waals surface area contributed by atoms with Crippen molar-refractivity contribution >= 4 is 11.0 Å². The molecule has 0 spiro atoms. The molecule has 1 saturated carbocycles. The fourth-order valence-electron chi connectivity index (χ4n) is 3.11. The fraction of sp³-hybridized carbons (Fsp3) is 0.562. The van der Waals surface area contributed by atoms with Crippen LogP contribution in [0.3, 0.4) is 0 Å². The van der Waals surface area contributed by atoms with E-state index >= 15 is 0 Å². The molecule has 0 unspecified atom stereocenters. The molecule has 1 aliphatic rings. The summed E-state index contributed by atoms with van der Waals surface area (Å²) >= 11 is 0. The molecule has 1 heterocycles. The van der Waals surface area contributed by atoms with Crippen LogP contribution in [0.15, 0.2) is 18.2 Å². The molecule has 3 nitrogen and oxygen atoms in total. The Bertz CT molecular complexity index is 538. The van der Waals surface area contributed by atoms with Crippen LogP contribution in [0.1, 0.15) is 55.8 Å². The van der Waals surface area contributed by atoms with E-state index in [1.54, 1.807) is 0 Å². The highest BCUT2D eigenvalue weighted by Crippen LogP contribution is 2.32. The van der Waals surface area contributed by atoms with Gasteiger partial charge in [0.25, 0.3) is 0 Å². The van der Waals surface area contributed by atoms with Crippen molar-refractivity contribution in [1.29, 1.82) is 0 Å². The first-order chi connectivity index (χ1) is 9.36. The molecule has 0 bridgehead atoms. The van der Waals surface area contributed by atoms with E-state index in [1.807, 2.05) is 0 Å². The summed E-state index contributed by atoms with van der Waals surface area (Å²) in [7, 11) is 0. The van der Waals surface area contributed by atoms with Crippen molar-refractivity contribution in [2.24, 2.45) is 5.73 Å². The van der Waals surface area contributed by atoms with E-state index in [0.29, 0.717) is 5.92 Å². The minimum atomic E-state index is 0.647. The molecule has 19 heavy (non-hydrogen) atoms. The smallest absolute Gasteiger partial charge is 0.110 e. The number of fused-ring (bicyclic) bond motifs is 1. The van der Waals surface area contributed by atoms with E-state index in [0.717, 1.165) is 24.9 Å². The van der Waals surface area contributed by atoms with Crippen LogP contribution in [-0.4, -0.2) is 16.5 Å². The maximum Gasteiger partial charge on any atom is 0.110 e. The number of imidazole rings is 1. The van der Waals surface area contributed by atoms with Gasteiger partial charge in [-0.1, -0.05) is 25.3 Å². The van der Waals surface area contributed by atoms with Crippen molar-refractivity contribution in [3.8, 4) is 0 Å². The third-order valence-electron chi connectivity index (χ3n) is 4.23. The lowest BCUT2D eigenvalue weighted by atomic mass is 9.89. The SMILES string of the molecule is NCCCc1ccc2nc(C3CCCCC3)[nH]c2c1. The van der Waals surface area contributed by atoms with Crippen LogP contribution in [-0.2, 0) is 6.42 Å². The molecule has 1 aliphatic carbocycles. The second kappa shape index (κ2) is 5.74. The standard InChI is InChI=1S/C16H23N3/c17-10-4-5-12-8-9-14-15(11-12)19-16(18-14)13-6-2-1-3-7-13/h8-9,11,13H,1-7,10,17H2,(H,18,19). The normalized spacial score (nSPS) is 17.1. The van der Waals surface area contributed by atoms with Gasteiger partial charge in [0.15, 0.2) is 0 Å². The van der Waals surface area contributed by atoms with Gasteiger partial charge in [-0.2, -0.15) is 0 Å². The lowest BCUT2D eigenvalue weighted by Crippen LogP contribution is -2.05. The summed E-state index contributed by atoms with van der Waals surface area (Å²) in [4.78, 5) is 8.32. The van der Waals surface area contributed by atoms with Crippen LogP contribution in [0.4, 0.5) is 0 Å². The van der Waals surface area contributed by atoms with Crippen LogP contribution in [0, 0.1) is 0 Å². The second-order valence-corrected chi connectivity index (χ2v) is 5.70. The Balaban J connectivity index is 1.83. The number of benzene rings is 1. The maximum absolute atomic E-state index is 5.57. The largest absolute Gasteiger partial charge is 0.342 e. The number of nitrogens with zero attached hydrogens (tertiary/aromatic N) is 1. The zero-order valence-corrected chi connectivity index (χ0v) is 11.5. The molecule has 0 radical (unpaired) electrons. The Kier molecular flexibility index (Phi) is 3.83. The minimum absolute atomic E-state index is 0.647. The molecule has 1 fully saturated rings. The third-order valence-corrected chi connectivity index (χ3v) is 4.23. The van der Waals surface area contributed by atoms with Gasteiger partial charge >= 0.3 is 0 Å². The van der Waals surface area contributed by atoms with E-state index < -0.39 is 0 Å². The Morgan fingerprint density at radius 1 is 1.21 bits per heavy atom. The molecular weight excluding hydrogens is 234 g/mol. The summed E-state index contributed by atoms with van der Waals surface area (Å²) < 4.78 is 0. The summed E-state index contributed by atoms with van der Waals surface area (Å²) in [5.41, 5.74) is 9.23. The zero-order valence-electron chi connectivity index (χ0n) is 11.5. The average Bonchev–Trinajstić information content (AvgIpc) is 2.89. The second-order valence-electron chi connectivity index (χ2n) is 5.70. The Morgan fingerprint density at radius 2 is 2.05 bits per heavy atom. The molecule has 2 aromatic rings.